The van der Waals surface area contributed by atoms with Gasteiger partial charge in [0, 0.05) is 101 Å². The van der Waals surface area contributed by atoms with Crippen LogP contribution in [0.3, 0.4) is 0 Å². The zero-order chi connectivity index (χ0) is 53.8. The maximum absolute atomic E-state index is 12.9. The number of pyridine rings is 2. The van der Waals surface area contributed by atoms with E-state index in [0.717, 1.165) is 164 Å². The fourth-order valence-corrected chi connectivity index (χ4v) is 10.7. The highest BCUT2D eigenvalue weighted by molar-refractivity contribution is 6.04. The molecule has 4 aliphatic heterocycles. The molecule has 78 heavy (non-hydrogen) atoms. The SMILES string of the molecule is CO.C[C@@H]1CCCN(Cc2ccnc(C(=O)Nc3ccc(-c4cc5c(N6CCOCC6)ncnc5[nH]4)cc3)c2)C1.N[C@@H]1CCCN(Cc2ccnc(C(=O)Nc3ccc(-c4cc5c(N6CCOCC6)ncnc5[nH]4)cc3)c2)C1. The van der Waals surface area contributed by atoms with Gasteiger partial charge in [-0.1, -0.05) is 31.2 Å². The summed E-state index contributed by atoms with van der Waals surface area (Å²) in [4.78, 5) is 68.5. The van der Waals surface area contributed by atoms with Crippen molar-refractivity contribution in [3.05, 3.63) is 132 Å². The molecule has 10 heterocycles. The average molecular weight is 1060 g/mol. The summed E-state index contributed by atoms with van der Waals surface area (Å²) in [5.74, 6) is 2.13. The molecule has 8 aromatic rings. The van der Waals surface area contributed by atoms with Crippen molar-refractivity contribution in [2.45, 2.75) is 51.7 Å². The van der Waals surface area contributed by atoms with Crippen molar-refractivity contribution in [1.82, 2.24) is 49.7 Å². The van der Waals surface area contributed by atoms with E-state index in [4.69, 9.17) is 20.3 Å². The third kappa shape index (κ3) is 13.3. The summed E-state index contributed by atoms with van der Waals surface area (Å²) in [6.07, 6.45) is 11.3. The smallest absolute Gasteiger partial charge is 0.274 e. The van der Waals surface area contributed by atoms with Crippen molar-refractivity contribution in [2.24, 2.45) is 11.7 Å². The van der Waals surface area contributed by atoms with Crippen LogP contribution in [-0.4, -0.2) is 159 Å². The molecule has 2 atom stereocenters. The number of hydrogen-bond donors (Lipinski definition) is 6. The maximum atomic E-state index is 12.9. The summed E-state index contributed by atoms with van der Waals surface area (Å²) in [6.45, 7) is 14.1. The molecule has 6 aromatic heterocycles. The zero-order valence-electron chi connectivity index (χ0n) is 44.4. The van der Waals surface area contributed by atoms with Crippen molar-refractivity contribution in [3.8, 4) is 22.5 Å². The minimum Gasteiger partial charge on any atom is -0.400 e. The lowest BCUT2D eigenvalue weighted by molar-refractivity contribution is 0.101. The Balaban J connectivity index is 0.000000171. The van der Waals surface area contributed by atoms with E-state index in [1.807, 2.05) is 72.8 Å². The van der Waals surface area contributed by atoms with Crippen LogP contribution in [0.5, 0.6) is 0 Å². The molecule has 4 saturated heterocycles. The number of nitrogens with one attached hydrogen (secondary N) is 4. The Kier molecular flexibility index (Phi) is 17.6. The minimum absolute atomic E-state index is 0.206. The third-order valence-electron chi connectivity index (χ3n) is 14.5. The lowest BCUT2D eigenvalue weighted by Gasteiger charge is -2.30. The Morgan fingerprint density at radius 2 is 1.04 bits per heavy atom. The molecule has 2 aromatic carbocycles. The summed E-state index contributed by atoms with van der Waals surface area (Å²) in [5.41, 5.74) is 16.1. The topological polar surface area (TPSA) is 245 Å². The zero-order valence-corrected chi connectivity index (χ0v) is 44.4. The minimum atomic E-state index is -0.231. The number of amides is 2. The Bertz CT molecular complexity index is 3050. The second-order valence-electron chi connectivity index (χ2n) is 20.3. The number of aromatic nitrogens is 8. The molecule has 0 spiro atoms. The quantitative estimate of drug-likeness (QED) is 0.0723. The number of nitrogens with two attached hydrogens (primary N) is 1. The Hall–Kier alpha value is -7.72. The molecule has 20 nitrogen and oxygen atoms in total. The molecule has 12 rings (SSSR count). The van der Waals surface area contributed by atoms with Crippen molar-refractivity contribution >= 4 is 56.9 Å². The van der Waals surface area contributed by atoms with E-state index in [1.165, 1.54) is 12.8 Å². The normalized spacial score (nSPS) is 18.2. The number of aliphatic hydroxyl groups is 1. The molecular weight excluding hydrogens is 987 g/mol. The molecule has 0 unspecified atom stereocenters. The summed E-state index contributed by atoms with van der Waals surface area (Å²) in [6, 6.07) is 27.7. The Morgan fingerprint density at radius 1 is 0.590 bits per heavy atom. The number of carbonyl (C=O) groups is 2. The van der Waals surface area contributed by atoms with Gasteiger partial charge in [0.2, 0.25) is 0 Å². The molecular formula is C58H69N15O5. The van der Waals surface area contributed by atoms with Crippen LogP contribution in [0.1, 0.15) is 64.7 Å². The lowest BCUT2D eigenvalue weighted by Crippen LogP contribution is -2.42. The summed E-state index contributed by atoms with van der Waals surface area (Å²) in [7, 11) is 1.00. The molecule has 0 saturated carbocycles. The van der Waals surface area contributed by atoms with Crippen LogP contribution in [0.2, 0.25) is 0 Å². The van der Waals surface area contributed by atoms with Crippen LogP contribution in [0.4, 0.5) is 23.0 Å². The Morgan fingerprint density at radius 3 is 1.49 bits per heavy atom. The van der Waals surface area contributed by atoms with Gasteiger partial charge in [-0.2, -0.15) is 0 Å². The number of likely N-dealkylation sites (tertiary alicyclic amines) is 2. The predicted molar refractivity (Wildman–Crippen MR) is 303 cm³/mol. The average Bonchev–Trinajstić information content (AvgIpc) is 4.24. The molecule has 0 bridgehead atoms. The molecule has 0 aliphatic carbocycles. The fraction of sp³-hybridized carbons (Fsp3) is 0.379. The van der Waals surface area contributed by atoms with Gasteiger partial charge >= 0.3 is 0 Å². The van der Waals surface area contributed by atoms with Gasteiger partial charge in [0.25, 0.3) is 11.8 Å². The number of fused-ring (bicyclic) bond motifs is 2. The van der Waals surface area contributed by atoms with Crippen LogP contribution < -0.4 is 26.2 Å². The first-order valence-corrected chi connectivity index (χ1v) is 27.0. The number of nitrogens with zero attached hydrogens (tertiary/aromatic N) is 10. The number of rotatable bonds is 12. The standard InChI is InChI=1S/C29H33N7O2.C28H32N8O2.CH4O/c1-20-3-2-10-35(17-20)18-21-8-9-30-26(15-21)29(37)33-23-6-4-22(5-7-23)25-16-24-27(34-25)31-19-32-28(24)36-11-13-38-14-12-36;29-21-2-1-9-35(17-21)16-19-7-8-30-25(14-19)28(37)33-22-5-3-20(4-6-22)24-15-23-26(34-24)31-18-32-27(23)36-10-12-38-13-11-36;1-2/h4-9,15-16,19-20H,2-3,10-14,17-18H2,1H3,(H,33,37)(H,31,32,34);3-8,14-15,18,21H,1-2,9-13,16-17,29H2,(H,33,37)(H,31,32,34);2H,1H3/t20-;21-;/m11./s1. The van der Waals surface area contributed by atoms with E-state index in [1.54, 1.807) is 25.0 Å². The first-order chi connectivity index (χ1) is 38.2. The number of morpholine rings is 2. The third-order valence-corrected chi connectivity index (χ3v) is 14.5. The number of benzene rings is 2. The van der Waals surface area contributed by atoms with E-state index < -0.39 is 0 Å². The maximum Gasteiger partial charge on any atom is 0.274 e. The van der Waals surface area contributed by atoms with Crippen LogP contribution >= 0.6 is 0 Å². The Labute approximate surface area is 453 Å². The van der Waals surface area contributed by atoms with E-state index in [0.29, 0.717) is 43.5 Å². The van der Waals surface area contributed by atoms with Crippen molar-refractivity contribution in [1.29, 1.82) is 0 Å². The van der Waals surface area contributed by atoms with Crippen molar-refractivity contribution in [3.63, 3.8) is 0 Å². The molecule has 0 radical (unpaired) electrons. The van der Waals surface area contributed by atoms with Gasteiger partial charge in [-0.05, 0) is 128 Å². The van der Waals surface area contributed by atoms with Gasteiger partial charge in [0.15, 0.2) is 0 Å². The van der Waals surface area contributed by atoms with Crippen molar-refractivity contribution in [2.75, 3.05) is 106 Å². The van der Waals surface area contributed by atoms with E-state index in [2.05, 4.69) is 89.2 Å². The van der Waals surface area contributed by atoms with Gasteiger partial charge < -0.3 is 50.7 Å². The van der Waals surface area contributed by atoms with Crippen molar-refractivity contribution < 1.29 is 24.2 Å². The molecule has 406 valence electrons. The number of aliphatic hydroxyl groups excluding tert-OH is 1. The molecule has 4 fully saturated rings. The highest BCUT2D eigenvalue weighted by Gasteiger charge is 2.22. The van der Waals surface area contributed by atoms with Crippen LogP contribution in [0, 0.1) is 5.92 Å². The van der Waals surface area contributed by atoms with E-state index in [9.17, 15) is 9.59 Å². The van der Waals surface area contributed by atoms with E-state index >= 15 is 0 Å². The largest absolute Gasteiger partial charge is 0.400 e. The first kappa shape index (κ1) is 53.7. The highest BCUT2D eigenvalue weighted by Crippen LogP contribution is 2.32. The van der Waals surface area contributed by atoms with Gasteiger partial charge in [-0.15, -0.1) is 0 Å². The summed E-state index contributed by atoms with van der Waals surface area (Å²) in [5, 5.41) is 14.9. The van der Waals surface area contributed by atoms with Crippen LogP contribution in [0.25, 0.3) is 44.6 Å². The van der Waals surface area contributed by atoms with Gasteiger partial charge in [-0.3, -0.25) is 29.4 Å². The monoisotopic (exact) mass is 1060 g/mol. The molecule has 7 N–H and O–H groups in total. The number of piperidine rings is 2. The second kappa shape index (κ2) is 25.6. The van der Waals surface area contributed by atoms with E-state index in [-0.39, 0.29) is 17.9 Å². The predicted octanol–water partition coefficient (Wildman–Crippen LogP) is 6.98. The lowest BCUT2D eigenvalue weighted by atomic mass is 10.00. The number of ether oxygens (including phenoxy) is 2. The number of aromatic amines is 2. The molecule has 20 heteroatoms. The number of carbonyl (C=O) groups excluding carboxylic acids is 2. The first-order valence-electron chi connectivity index (χ1n) is 27.0. The highest BCUT2D eigenvalue weighted by atomic mass is 16.5. The second-order valence-corrected chi connectivity index (χ2v) is 20.3. The summed E-state index contributed by atoms with van der Waals surface area (Å²) >= 11 is 0. The van der Waals surface area contributed by atoms with Gasteiger partial charge in [-0.25, -0.2) is 19.9 Å². The molecule has 4 aliphatic rings. The number of anilines is 4. The number of H-pyrrole nitrogens is 2. The molecule has 2 amide bonds. The number of hydrogen-bond acceptors (Lipinski definition) is 16. The van der Waals surface area contributed by atoms with Crippen LogP contribution in [-0.2, 0) is 22.6 Å². The fourth-order valence-electron chi connectivity index (χ4n) is 10.7. The van der Waals surface area contributed by atoms with Crippen LogP contribution in [0.15, 0.2) is 110 Å². The summed E-state index contributed by atoms with van der Waals surface area (Å²) < 4.78 is 11.0. The van der Waals surface area contributed by atoms with Gasteiger partial charge in [0.1, 0.15) is 47.0 Å². The van der Waals surface area contributed by atoms with Gasteiger partial charge in [0.05, 0.1) is 37.2 Å².